The molecular weight excluding hydrogens is 236 g/mol. The van der Waals surface area contributed by atoms with Crippen LogP contribution in [0.3, 0.4) is 0 Å². The Kier molecular flexibility index (Phi) is 3.20. The van der Waals surface area contributed by atoms with E-state index in [9.17, 15) is 9.90 Å². The second-order valence-corrected chi connectivity index (χ2v) is 3.53. The van der Waals surface area contributed by atoms with E-state index in [4.69, 9.17) is 15.0 Å². The molecule has 2 rings (SSSR count). The zero-order chi connectivity index (χ0) is 13.1. The van der Waals surface area contributed by atoms with Gasteiger partial charge in [0.25, 0.3) is 5.91 Å². The molecule has 0 bridgehead atoms. The topological polar surface area (TPSA) is 97.7 Å². The molecule has 0 aliphatic carbocycles. The maximum absolute atomic E-state index is 11.0. The molecule has 0 aliphatic rings. The van der Waals surface area contributed by atoms with Crippen molar-refractivity contribution >= 4 is 23.0 Å². The first-order chi connectivity index (χ1) is 8.67. The van der Waals surface area contributed by atoms with Crippen molar-refractivity contribution in [2.75, 3.05) is 7.11 Å². The lowest BCUT2D eigenvalue weighted by atomic mass is 10.1. The van der Waals surface area contributed by atoms with Crippen LogP contribution in [0.1, 0.15) is 5.56 Å². The average molecular weight is 248 g/mol. The van der Waals surface area contributed by atoms with E-state index in [2.05, 4.69) is 0 Å². The van der Waals surface area contributed by atoms with Gasteiger partial charge in [-0.05, 0) is 18.2 Å². The molecule has 0 spiro atoms. The minimum Gasteiger partial charge on any atom is -0.504 e. The Morgan fingerprint density at radius 3 is 3.06 bits per heavy atom. The van der Waals surface area contributed by atoms with Crippen molar-refractivity contribution in [2.45, 2.75) is 0 Å². The van der Waals surface area contributed by atoms with E-state index in [1.54, 1.807) is 12.1 Å². The van der Waals surface area contributed by atoms with E-state index in [1.807, 2.05) is 5.43 Å². The number of fused-ring (bicyclic) bond motifs is 1. The van der Waals surface area contributed by atoms with Crippen molar-refractivity contribution in [3.63, 3.8) is 0 Å². The summed E-state index contributed by atoms with van der Waals surface area (Å²) in [5.74, 6) is 4.61. The zero-order valence-electron chi connectivity index (χ0n) is 9.64. The Morgan fingerprint density at radius 1 is 1.61 bits per heavy atom. The first-order valence-electron chi connectivity index (χ1n) is 5.13. The van der Waals surface area contributed by atoms with Crippen LogP contribution in [0.4, 0.5) is 0 Å². The largest absolute Gasteiger partial charge is 0.504 e. The number of aromatic hydroxyl groups is 1. The molecule has 4 N–H and O–H groups in total. The van der Waals surface area contributed by atoms with Gasteiger partial charge in [0, 0.05) is 17.0 Å². The van der Waals surface area contributed by atoms with Gasteiger partial charge in [0.2, 0.25) is 5.75 Å². The molecule has 0 saturated heterocycles. The maximum Gasteiger partial charge on any atom is 0.257 e. The Balaban J connectivity index is 2.54. The number of hydrazine groups is 1. The number of phenolic OH excluding ortho intramolecular Hbond substituents is 1. The number of carbonyl (C=O) groups is 1. The van der Waals surface area contributed by atoms with Gasteiger partial charge in [-0.3, -0.25) is 10.2 Å². The van der Waals surface area contributed by atoms with Crippen LogP contribution in [0, 0.1) is 0 Å². The highest BCUT2D eigenvalue weighted by atomic mass is 16.5. The molecule has 6 nitrogen and oxygen atoms in total. The summed E-state index contributed by atoms with van der Waals surface area (Å²) >= 11 is 0. The van der Waals surface area contributed by atoms with Crippen molar-refractivity contribution in [1.82, 2.24) is 5.43 Å². The van der Waals surface area contributed by atoms with Gasteiger partial charge in [-0.2, -0.15) is 0 Å². The number of hydrogen-bond acceptors (Lipinski definition) is 5. The molecule has 6 heteroatoms. The fourth-order valence-electron chi connectivity index (χ4n) is 1.62. The number of furan rings is 1. The molecule has 0 radical (unpaired) electrons. The van der Waals surface area contributed by atoms with Crippen LogP contribution >= 0.6 is 0 Å². The summed E-state index contributed by atoms with van der Waals surface area (Å²) in [7, 11) is 1.43. The van der Waals surface area contributed by atoms with Crippen molar-refractivity contribution in [3.8, 4) is 11.5 Å². The summed E-state index contributed by atoms with van der Waals surface area (Å²) in [5, 5.41) is 10.8. The summed E-state index contributed by atoms with van der Waals surface area (Å²) in [4.78, 5) is 11.0. The number of amides is 1. The number of rotatable bonds is 3. The van der Waals surface area contributed by atoms with Gasteiger partial charge >= 0.3 is 0 Å². The second-order valence-electron chi connectivity index (χ2n) is 3.53. The molecule has 1 amide bonds. The summed E-state index contributed by atoms with van der Waals surface area (Å²) in [6, 6.07) is 3.41. The van der Waals surface area contributed by atoms with E-state index in [-0.39, 0.29) is 11.5 Å². The molecule has 94 valence electrons. The van der Waals surface area contributed by atoms with Crippen molar-refractivity contribution in [3.05, 3.63) is 30.0 Å². The molecule has 1 aromatic heterocycles. The minimum absolute atomic E-state index is 0.0963. The summed E-state index contributed by atoms with van der Waals surface area (Å²) in [6.45, 7) is 0. The number of nitrogens with one attached hydrogen (secondary N) is 1. The van der Waals surface area contributed by atoms with Gasteiger partial charge in [0.05, 0.1) is 13.4 Å². The van der Waals surface area contributed by atoms with Gasteiger partial charge in [-0.15, -0.1) is 0 Å². The van der Waals surface area contributed by atoms with Gasteiger partial charge in [0.1, 0.15) is 0 Å². The first kappa shape index (κ1) is 12.0. The highest BCUT2D eigenvalue weighted by Crippen LogP contribution is 2.39. The Hall–Kier alpha value is -2.47. The van der Waals surface area contributed by atoms with Crippen LogP contribution in [-0.4, -0.2) is 18.1 Å². The van der Waals surface area contributed by atoms with Gasteiger partial charge in [-0.25, -0.2) is 5.84 Å². The summed E-state index contributed by atoms with van der Waals surface area (Å²) in [5.41, 5.74) is 2.85. The molecular formula is C12H12N2O4. The molecule has 0 saturated carbocycles. The van der Waals surface area contributed by atoms with Crippen molar-refractivity contribution < 1.29 is 19.1 Å². The van der Waals surface area contributed by atoms with Crippen LogP contribution in [0.5, 0.6) is 11.5 Å². The van der Waals surface area contributed by atoms with E-state index in [0.717, 1.165) is 5.39 Å². The Bertz CT molecular complexity index is 616. The molecule has 18 heavy (non-hydrogen) atoms. The summed E-state index contributed by atoms with van der Waals surface area (Å²) in [6.07, 6.45) is 4.14. The lowest BCUT2D eigenvalue weighted by molar-refractivity contribution is -0.116. The Labute approximate surface area is 103 Å². The normalized spacial score (nSPS) is 11.0. The van der Waals surface area contributed by atoms with Crippen LogP contribution in [0.25, 0.3) is 17.0 Å². The third-order valence-electron chi connectivity index (χ3n) is 2.46. The number of carbonyl (C=O) groups excluding carboxylic acids is 1. The molecule has 0 fully saturated rings. The van der Waals surface area contributed by atoms with Crippen LogP contribution in [0.2, 0.25) is 0 Å². The van der Waals surface area contributed by atoms with Crippen molar-refractivity contribution in [1.29, 1.82) is 0 Å². The SMILES string of the molecule is COc1c(O)c(/C=C\C(=O)NN)cc2ccoc12. The van der Waals surface area contributed by atoms with Crippen molar-refractivity contribution in [2.24, 2.45) is 5.84 Å². The van der Waals surface area contributed by atoms with E-state index in [0.29, 0.717) is 11.1 Å². The van der Waals surface area contributed by atoms with Gasteiger partial charge < -0.3 is 14.3 Å². The molecule has 0 aliphatic heterocycles. The van der Waals surface area contributed by atoms with E-state index >= 15 is 0 Å². The maximum atomic E-state index is 11.0. The molecule has 0 atom stereocenters. The molecule has 2 aromatic rings. The number of phenols is 1. The van der Waals surface area contributed by atoms with E-state index in [1.165, 1.54) is 25.5 Å². The number of hydrogen-bond donors (Lipinski definition) is 3. The van der Waals surface area contributed by atoms with Gasteiger partial charge in [-0.1, -0.05) is 0 Å². The van der Waals surface area contributed by atoms with Crippen LogP contribution in [-0.2, 0) is 4.79 Å². The van der Waals surface area contributed by atoms with Crippen LogP contribution in [0.15, 0.2) is 28.9 Å². The number of benzene rings is 1. The first-order valence-corrected chi connectivity index (χ1v) is 5.13. The fraction of sp³-hybridized carbons (Fsp3) is 0.0833. The molecule has 1 heterocycles. The third kappa shape index (κ3) is 2.01. The Morgan fingerprint density at radius 2 is 2.39 bits per heavy atom. The third-order valence-corrected chi connectivity index (χ3v) is 2.46. The standard InChI is InChI=1S/C12H12N2O4/c1-17-12-10(16)7(2-3-9(15)14-13)6-8-4-5-18-11(8)12/h2-6,16H,13H2,1H3,(H,14,15)/b3-2-. The fourth-order valence-corrected chi connectivity index (χ4v) is 1.62. The monoisotopic (exact) mass is 248 g/mol. The summed E-state index contributed by atoms with van der Waals surface area (Å²) < 4.78 is 10.3. The number of methoxy groups -OCH3 is 1. The quantitative estimate of drug-likeness (QED) is 0.327. The number of nitrogens with two attached hydrogens (primary N) is 1. The zero-order valence-corrected chi connectivity index (χ0v) is 9.64. The minimum atomic E-state index is -0.472. The van der Waals surface area contributed by atoms with Crippen LogP contribution < -0.4 is 16.0 Å². The average Bonchev–Trinajstić information content (AvgIpc) is 2.83. The lowest BCUT2D eigenvalue weighted by Gasteiger charge is -2.06. The van der Waals surface area contributed by atoms with Gasteiger partial charge in [0.15, 0.2) is 11.3 Å². The highest BCUT2D eigenvalue weighted by Gasteiger charge is 2.14. The second kappa shape index (κ2) is 4.80. The highest BCUT2D eigenvalue weighted by molar-refractivity contribution is 5.94. The van der Waals surface area contributed by atoms with E-state index < -0.39 is 5.91 Å². The lowest BCUT2D eigenvalue weighted by Crippen LogP contribution is -2.27. The molecule has 1 aromatic carbocycles. The molecule has 0 unspecified atom stereocenters. The predicted molar refractivity (Wildman–Crippen MR) is 65.8 cm³/mol. The number of ether oxygens (including phenoxy) is 1. The predicted octanol–water partition coefficient (Wildman–Crippen LogP) is 1.15. The smallest absolute Gasteiger partial charge is 0.257 e.